The van der Waals surface area contributed by atoms with Crippen molar-refractivity contribution in [2.45, 2.75) is 25.6 Å². The number of nitrogens with one attached hydrogen (secondary N) is 2. The molecule has 8 heteroatoms. The first-order valence-electron chi connectivity index (χ1n) is 9.04. The van der Waals surface area contributed by atoms with Crippen molar-refractivity contribution in [3.63, 3.8) is 0 Å². The van der Waals surface area contributed by atoms with Crippen LogP contribution in [0.3, 0.4) is 0 Å². The van der Waals surface area contributed by atoms with Gasteiger partial charge in [0.25, 0.3) is 5.91 Å². The summed E-state index contributed by atoms with van der Waals surface area (Å²) >= 11 is 1.49. The molecular formula is C20H23ClN4O2S. The van der Waals surface area contributed by atoms with E-state index in [0.29, 0.717) is 18.8 Å². The second-order valence-electron chi connectivity index (χ2n) is 6.66. The van der Waals surface area contributed by atoms with Gasteiger partial charge in [-0.25, -0.2) is 0 Å². The lowest BCUT2D eigenvalue weighted by molar-refractivity contribution is 0.0602. The van der Waals surface area contributed by atoms with Crippen molar-refractivity contribution >= 4 is 29.7 Å². The fourth-order valence-corrected chi connectivity index (χ4v) is 4.06. The Balaban J connectivity index is 0.00000225. The minimum atomic E-state index is -0.717. The number of aromatic amines is 1. The number of carbonyl (C=O) groups excluding carboxylic acids is 1. The van der Waals surface area contributed by atoms with Crippen LogP contribution in [-0.4, -0.2) is 39.2 Å². The Kier molecular flexibility index (Phi) is 6.85. The van der Waals surface area contributed by atoms with Crippen molar-refractivity contribution in [3.8, 4) is 0 Å². The van der Waals surface area contributed by atoms with Crippen molar-refractivity contribution in [1.82, 2.24) is 20.4 Å². The highest BCUT2D eigenvalue weighted by atomic mass is 35.5. The van der Waals surface area contributed by atoms with Crippen molar-refractivity contribution < 1.29 is 9.90 Å². The smallest absolute Gasteiger partial charge is 0.275 e. The molecular weight excluding hydrogens is 396 g/mol. The number of rotatable bonds is 6. The highest BCUT2D eigenvalue weighted by molar-refractivity contribution is 7.10. The van der Waals surface area contributed by atoms with Gasteiger partial charge in [-0.2, -0.15) is 5.10 Å². The zero-order valence-corrected chi connectivity index (χ0v) is 16.9. The predicted molar refractivity (Wildman–Crippen MR) is 112 cm³/mol. The summed E-state index contributed by atoms with van der Waals surface area (Å²) in [6, 6.07) is 13.6. The predicted octanol–water partition coefficient (Wildman–Crippen LogP) is 2.91. The average molecular weight is 419 g/mol. The second-order valence-corrected chi connectivity index (χ2v) is 7.64. The molecule has 0 radical (unpaired) electrons. The number of fused-ring (bicyclic) bond motifs is 1. The van der Waals surface area contributed by atoms with Crippen LogP contribution in [0.1, 0.15) is 38.3 Å². The second kappa shape index (κ2) is 9.34. The third-order valence-electron chi connectivity index (χ3n) is 4.78. The number of carbonyl (C=O) groups is 1. The van der Waals surface area contributed by atoms with Crippen molar-refractivity contribution in [2.24, 2.45) is 0 Å². The first-order chi connectivity index (χ1) is 13.2. The Morgan fingerprint density at radius 1 is 1.25 bits per heavy atom. The quantitative estimate of drug-likeness (QED) is 0.575. The van der Waals surface area contributed by atoms with E-state index in [1.54, 1.807) is 4.90 Å². The van der Waals surface area contributed by atoms with E-state index in [-0.39, 0.29) is 24.9 Å². The maximum Gasteiger partial charge on any atom is 0.275 e. The highest BCUT2D eigenvalue weighted by Crippen LogP contribution is 2.23. The van der Waals surface area contributed by atoms with E-state index in [2.05, 4.69) is 15.5 Å². The Hall–Kier alpha value is -2.19. The third-order valence-corrected chi connectivity index (χ3v) is 5.75. The van der Waals surface area contributed by atoms with Crippen LogP contribution in [0.15, 0.2) is 47.8 Å². The molecule has 1 unspecified atom stereocenters. The maximum atomic E-state index is 13.3. The molecule has 1 aromatic carbocycles. The van der Waals surface area contributed by atoms with Gasteiger partial charge in [-0.05, 0) is 17.0 Å². The van der Waals surface area contributed by atoms with E-state index in [4.69, 9.17) is 0 Å². The molecule has 0 bridgehead atoms. The molecule has 0 fully saturated rings. The summed E-state index contributed by atoms with van der Waals surface area (Å²) in [4.78, 5) is 15.8. The number of halogens is 1. The number of aliphatic hydroxyl groups excluding tert-OH is 1. The summed E-state index contributed by atoms with van der Waals surface area (Å²) in [5.74, 6) is -0.157. The molecule has 4 rings (SSSR count). The molecule has 2 aromatic heterocycles. The topological polar surface area (TPSA) is 81.2 Å². The fraction of sp³-hybridized carbons (Fsp3) is 0.300. The van der Waals surface area contributed by atoms with Gasteiger partial charge in [0.1, 0.15) is 6.10 Å². The maximum absolute atomic E-state index is 13.3. The first-order valence-corrected chi connectivity index (χ1v) is 9.92. The van der Waals surface area contributed by atoms with Crippen molar-refractivity contribution in [3.05, 3.63) is 75.2 Å². The minimum Gasteiger partial charge on any atom is -0.386 e. The van der Waals surface area contributed by atoms with Gasteiger partial charge in [0.15, 0.2) is 5.69 Å². The zero-order valence-electron chi connectivity index (χ0n) is 15.3. The molecule has 1 amide bonds. The SMILES string of the molecule is Cl.O=C(c1n[nH]c2c1CNCC2)N(Cc1ccccc1)CC(O)c1cccs1. The number of benzene rings is 1. The molecule has 3 heterocycles. The number of hydrogen-bond acceptors (Lipinski definition) is 5. The molecule has 1 aliphatic rings. The van der Waals surface area contributed by atoms with Gasteiger partial charge >= 0.3 is 0 Å². The zero-order chi connectivity index (χ0) is 18.6. The van der Waals surface area contributed by atoms with E-state index < -0.39 is 6.10 Å². The normalized spacial score (nSPS) is 14.0. The van der Waals surface area contributed by atoms with Gasteiger partial charge < -0.3 is 15.3 Å². The molecule has 1 atom stereocenters. The first kappa shape index (κ1) is 20.5. The van der Waals surface area contributed by atoms with E-state index in [1.807, 2.05) is 47.8 Å². The highest BCUT2D eigenvalue weighted by Gasteiger charge is 2.27. The lowest BCUT2D eigenvalue weighted by atomic mass is 10.1. The van der Waals surface area contributed by atoms with Gasteiger partial charge in [-0.3, -0.25) is 9.89 Å². The number of hydrogen-bond donors (Lipinski definition) is 3. The van der Waals surface area contributed by atoms with Crippen molar-refractivity contribution in [1.29, 1.82) is 0 Å². The monoisotopic (exact) mass is 418 g/mol. The molecule has 148 valence electrons. The molecule has 0 saturated heterocycles. The Labute approximate surface area is 174 Å². The summed E-state index contributed by atoms with van der Waals surface area (Å²) in [5.41, 5.74) is 3.43. The van der Waals surface area contributed by atoms with E-state index in [9.17, 15) is 9.90 Å². The van der Waals surface area contributed by atoms with Crippen LogP contribution in [0.4, 0.5) is 0 Å². The third kappa shape index (κ3) is 4.44. The van der Waals surface area contributed by atoms with Gasteiger partial charge in [0, 0.05) is 42.2 Å². The Bertz CT molecular complexity index is 898. The standard InChI is InChI=1S/C20H22N4O2S.ClH/c25-17(18-7-4-10-27-18)13-24(12-14-5-2-1-3-6-14)20(26)19-15-11-21-9-8-16(15)22-23-19;/h1-7,10,17,21,25H,8-9,11-13H2,(H,22,23);1H. The summed E-state index contributed by atoms with van der Waals surface area (Å²) in [5, 5.41) is 23.1. The van der Waals surface area contributed by atoms with Crippen molar-refractivity contribution in [2.75, 3.05) is 13.1 Å². The summed E-state index contributed by atoms with van der Waals surface area (Å²) in [6.07, 6.45) is 0.122. The van der Waals surface area contributed by atoms with Crippen LogP contribution in [-0.2, 0) is 19.5 Å². The van der Waals surface area contributed by atoms with Crippen LogP contribution in [0.5, 0.6) is 0 Å². The largest absolute Gasteiger partial charge is 0.386 e. The van der Waals surface area contributed by atoms with Gasteiger partial charge in [-0.15, -0.1) is 23.7 Å². The lowest BCUT2D eigenvalue weighted by Gasteiger charge is -2.25. The van der Waals surface area contributed by atoms with E-state index in [1.165, 1.54) is 11.3 Å². The molecule has 28 heavy (non-hydrogen) atoms. The van der Waals surface area contributed by atoms with E-state index in [0.717, 1.165) is 34.7 Å². The average Bonchev–Trinajstić information content (AvgIpc) is 3.38. The molecule has 3 N–H and O–H groups in total. The molecule has 0 saturated carbocycles. The molecule has 1 aliphatic heterocycles. The molecule has 0 spiro atoms. The van der Waals surface area contributed by atoms with E-state index >= 15 is 0 Å². The minimum absolute atomic E-state index is 0. The summed E-state index contributed by atoms with van der Waals surface area (Å²) in [7, 11) is 0. The Morgan fingerprint density at radius 2 is 2.07 bits per heavy atom. The number of aliphatic hydroxyl groups is 1. The fourth-order valence-electron chi connectivity index (χ4n) is 3.35. The lowest BCUT2D eigenvalue weighted by Crippen LogP contribution is -2.35. The van der Waals surface area contributed by atoms with Crippen LogP contribution in [0, 0.1) is 0 Å². The van der Waals surface area contributed by atoms with Gasteiger partial charge in [0.05, 0.1) is 6.54 Å². The van der Waals surface area contributed by atoms with Crippen LogP contribution in [0.2, 0.25) is 0 Å². The van der Waals surface area contributed by atoms with Gasteiger partial charge in [-0.1, -0.05) is 36.4 Å². The van der Waals surface area contributed by atoms with Crippen LogP contribution in [0.25, 0.3) is 0 Å². The van der Waals surface area contributed by atoms with Crippen LogP contribution < -0.4 is 5.32 Å². The molecule has 3 aromatic rings. The number of H-pyrrole nitrogens is 1. The summed E-state index contributed by atoms with van der Waals surface area (Å²) in [6.45, 7) is 2.17. The van der Waals surface area contributed by atoms with Gasteiger partial charge in [0.2, 0.25) is 0 Å². The van der Waals surface area contributed by atoms with Crippen LogP contribution >= 0.6 is 23.7 Å². The number of amides is 1. The Morgan fingerprint density at radius 3 is 2.82 bits per heavy atom. The number of nitrogens with zero attached hydrogens (tertiary/aromatic N) is 2. The number of thiophene rings is 1. The molecule has 0 aliphatic carbocycles. The summed E-state index contributed by atoms with van der Waals surface area (Å²) < 4.78 is 0. The number of aromatic nitrogens is 2. The molecule has 6 nitrogen and oxygen atoms in total.